The van der Waals surface area contributed by atoms with E-state index < -0.39 is 11.7 Å². The van der Waals surface area contributed by atoms with Gasteiger partial charge in [0.25, 0.3) is 5.91 Å². The minimum absolute atomic E-state index is 0.131. The largest absolute Gasteiger partial charge is 0.455 e. The van der Waals surface area contributed by atoms with Crippen molar-refractivity contribution >= 4 is 23.7 Å². The second kappa shape index (κ2) is 7.85. The Hall–Kier alpha value is -3.43. The van der Waals surface area contributed by atoms with Crippen LogP contribution in [-0.2, 0) is 0 Å². The van der Waals surface area contributed by atoms with Crippen molar-refractivity contribution in [2.75, 3.05) is 0 Å². The summed E-state index contributed by atoms with van der Waals surface area (Å²) in [5.41, 5.74) is 4.00. The number of nitriles is 1. The third-order valence-corrected chi connectivity index (χ3v) is 4.03. The molecule has 0 unspecified atom stereocenters. The maximum atomic E-state index is 13.8. The maximum Gasteiger partial charge on any atom is 0.274 e. The van der Waals surface area contributed by atoms with Crippen molar-refractivity contribution in [3.05, 3.63) is 81.8 Å². The molecule has 7 heteroatoms. The molecule has 3 rings (SSSR count). The molecule has 1 aromatic heterocycles. The number of nitrogens with zero attached hydrogens (tertiary/aromatic N) is 2. The van der Waals surface area contributed by atoms with Gasteiger partial charge in [-0.15, -0.1) is 0 Å². The Balaban J connectivity index is 1.71. The normalized spacial score (nSPS) is 10.7. The number of halogens is 2. The van der Waals surface area contributed by atoms with Crippen molar-refractivity contribution < 1.29 is 13.6 Å². The van der Waals surface area contributed by atoms with E-state index in [0.717, 1.165) is 17.2 Å². The van der Waals surface area contributed by atoms with Crippen LogP contribution in [0.3, 0.4) is 0 Å². The Labute approximate surface area is 159 Å². The van der Waals surface area contributed by atoms with E-state index >= 15 is 0 Å². The van der Waals surface area contributed by atoms with Gasteiger partial charge in [-0.1, -0.05) is 17.7 Å². The molecule has 2 aromatic carbocycles. The lowest BCUT2D eigenvalue weighted by atomic mass is 10.1. The van der Waals surface area contributed by atoms with Crippen molar-refractivity contribution in [2.24, 2.45) is 5.10 Å². The van der Waals surface area contributed by atoms with E-state index in [4.69, 9.17) is 21.3 Å². The van der Waals surface area contributed by atoms with Gasteiger partial charge in [-0.25, -0.2) is 9.82 Å². The number of hydrogen-bond donors (Lipinski definition) is 1. The predicted octanol–water partition coefficient (Wildman–Crippen LogP) is 4.68. The summed E-state index contributed by atoms with van der Waals surface area (Å²) in [5, 5.41) is 13.1. The zero-order chi connectivity index (χ0) is 19.4. The molecule has 0 saturated carbocycles. The van der Waals surface area contributed by atoms with Crippen molar-refractivity contribution in [3.8, 4) is 17.4 Å². The van der Waals surface area contributed by atoms with Crippen LogP contribution in [0.25, 0.3) is 11.3 Å². The molecule has 134 valence electrons. The summed E-state index contributed by atoms with van der Waals surface area (Å²) >= 11 is 6.02. The number of aryl methyl sites for hydroxylation is 1. The Morgan fingerprint density at radius 3 is 2.81 bits per heavy atom. The zero-order valence-corrected chi connectivity index (χ0v) is 14.9. The monoisotopic (exact) mass is 381 g/mol. The zero-order valence-electron chi connectivity index (χ0n) is 14.2. The topological polar surface area (TPSA) is 78.4 Å². The highest BCUT2D eigenvalue weighted by atomic mass is 35.5. The lowest BCUT2D eigenvalue weighted by molar-refractivity contribution is 0.0951. The van der Waals surface area contributed by atoms with Gasteiger partial charge in [-0.3, -0.25) is 4.79 Å². The van der Waals surface area contributed by atoms with E-state index in [9.17, 15) is 9.18 Å². The predicted molar refractivity (Wildman–Crippen MR) is 100 cm³/mol. The number of hydrogen-bond acceptors (Lipinski definition) is 4. The Kier molecular flexibility index (Phi) is 5.34. The molecule has 1 N–H and O–H groups in total. The lowest BCUT2D eigenvalue weighted by Gasteiger charge is -2.03. The average molecular weight is 382 g/mol. The van der Waals surface area contributed by atoms with Crippen LogP contribution < -0.4 is 5.43 Å². The third-order valence-electron chi connectivity index (χ3n) is 3.79. The third kappa shape index (κ3) is 4.22. The number of nitrogens with one attached hydrogen (secondary N) is 1. The highest BCUT2D eigenvalue weighted by Gasteiger charge is 2.12. The number of carbonyl (C=O) groups excluding carboxylic acids is 1. The number of amides is 1. The van der Waals surface area contributed by atoms with Gasteiger partial charge in [0.1, 0.15) is 17.3 Å². The van der Waals surface area contributed by atoms with Gasteiger partial charge in [0.15, 0.2) is 0 Å². The molecule has 0 aliphatic rings. The van der Waals surface area contributed by atoms with Gasteiger partial charge in [-0.2, -0.15) is 10.4 Å². The van der Waals surface area contributed by atoms with Crippen molar-refractivity contribution in [3.63, 3.8) is 0 Å². The summed E-state index contributed by atoms with van der Waals surface area (Å²) in [6, 6.07) is 14.3. The minimum Gasteiger partial charge on any atom is -0.455 e. The molecular weight excluding hydrogens is 369 g/mol. The summed E-state index contributed by atoms with van der Waals surface area (Å²) < 4.78 is 19.5. The summed E-state index contributed by atoms with van der Waals surface area (Å²) in [7, 11) is 0. The van der Waals surface area contributed by atoms with Crippen LogP contribution in [0.15, 0.2) is 58.0 Å². The molecular formula is C20H13ClFN3O2. The van der Waals surface area contributed by atoms with Crippen LogP contribution in [-0.4, -0.2) is 12.1 Å². The first kappa shape index (κ1) is 18.4. The number of furan rings is 1. The first-order valence-electron chi connectivity index (χ1n) is 7.87. The van der Waals surface area contributed by atoms with Gasteiger partial charge in [0.05, 0.1) is 23.4 Å². The van der Waals surface area contributed by atoms with Gasteiger partial charge in [-0.05, 0) is 55.0 Å². The SMILES string of the molecule is Cc1ccc(Cl)cc1-c1ccc(/C=N/NC(=O)c2ccc(C#N)cc2F)o1. The fourth-order valence-corrected chi connectivity index (χ4v) is 2.58. The molecule has 0 aliphatic carbocycles. The average Bonchev–Trinajstić information content (AvgIpc) is 3.12. The quantitative estimate of drug-likeness (QED) is 0.526. The number of hydrazone groups is 1. The van der Waals surface area contributed by atoms with Gasteiger partial charge in [0.2, 0.25) is 0 Å². The number of rotatable bonds is 4. The number of carbonyl (C=O) groups is 1. The molecule has 0 aliphatic heterocycles. The summed E-state index contributed by atoms with van der Waals surface area (Å²) in [6.07, 6.45) is 1.31. The molecule has 0 radical (unpaired) electrons. The van der Waals surface area contributed by atoms with E-state index in [1.165, 1.54) is 18.3 Å². The van der Waals surface area contributed by atoms with Crippen LogP contribution in [0.2, 0.25) is 5.02 Å². The Morgan fingerprint density at radius 1 is 1.26 bits per heavy atom. The van der Waals surface area contributed by atoms with Crippen LogP contribution in [0.4, 0.5) is 4.39 Å². The fraction of sp³-hybridized carbons (Fsp3) is 0.0500. The van der Waals surface area contributed by atoms with Crippen molar-refractivity contribution in [2.45, 2.75) is 6.92 Å². The van der Waals surface area contributed by atoms with Crippen LogP contribution in [0.5, 0.6) is 0 Å². The van der Waals surface area contributed by atoms with Gasteiger partial charge >= 0.3 is 0 Å². The second-order valence-corrected chi connectivity index (χ2v) is 6.10. The van der Waals surface area contributed by atoms with Crippen LogP contribution in [0.1, 0.15) is 27.2 Å². The van der Waals surface area contributed by atoms with Crippen molar-refractivity contribution in [1.82, 2.24) is 5.43 Å². The highest BCUT2D eigenvalue weighted by Crippen LogP contribution is 2.27. The lowest BCUT2D eigenvalue weighted by Crippen LogP contribution is -2.19. The molecule has 1 amide bonds. The standard InChI is InChI=1S/C20H13ClFN3O2/c1-12-2-4-14(21)9-17(12)19-7-5-15(27-19)11-24-25-20(26)16-6-3-13(10-23)8-18(16)22/h2-9,11H,1H3,(H,25,26)/b24-11+. The van der Waals surface area contributed by atoms with E-state index in [0.29, 0.717) is 16.5 Å². The highest BCUT2D eigenvalue weighted by molar-refractivity contribution is 6.30. The molecule has 0 bridgehead atoms. The summed E-state index contributed by atoms with van der Waals surface area (Å²) in [6.45, 7) is 1.94. The van der Waals surface area contributed by atoms with E-state index in [-0.39, 0.29) is 11.1 Å². The van der Waals surface area contributed by atoms with Gasteiger partial charge < -0.3 is 4.42 Å². The molecule has 0 fully saturated rings. The molecule has 0 saturated heterocycles. The second-order valence-electron chi connectivity index (χ2n) is 5.67. The minimum atomic E-state index is -0.793. The molecule has 1 heterocycles. The van der Waals surface area contributed by atoms with E-state index in [1.807, 2.05) is 13.0 Å². The van der Waals surface area contributed by atoms with Crippen LogP contribution in [0, 0.1) is 24.1 Å². The smallest absolute Gasteiger partial charge is 0.274 e. The molecule has 3 aromatic rings. The summed E-state index contributed by atoms with van der Waals surface area (Å²) in [4.78, 5) is 12.0. The van der Waals surface area contributed by atoms with Crippen molar-refractivity contribution in [1.29, 1.82) is 5.26 Å². The first-order chi connectivity index (χ1) is 13.0. The summed E-state index contributed by atoms with van der Waals surface area (Å²) in [5.74, 6) is -0.505. The maximum absolute atomic E-state index is 13.8. The van der Waals surface area contributed by atoms with E-state index in [1.54, 1.807) is 30.3 Å². The Bertz CT molecular complexity index is 1080. The van der Waals surface area contributed by atoms with Crippen LogP contribution >= 0.6 is 11.6 Å². The molecule has 27 heavy (non-hydrogen) atoms. The van der Waals surface area contributed by atoms with E-state index in [2.05, 4.69) is 10.5 Å². The van der Waals surface area contributed by atoms with Gasteiger partial charge in [0, 0.05) is 10.6 Å². The number of benzene rings is 2. The Morgan fingerprint density at radius 2 is 2.07 bits per heavy atom. The molecule has 0 spiro atoms. The molecule has 0 atom stereocenters. The first-order valence-corrected chi connectivity index (χ1v) is 8.25. The fourth-order valence-electron chi connectivity index (χ4n) is 2.41. The molecule has 5 nitrogen and oxygen atoms in total.